The fourth-order valence-corrected chi connectivity index (χ4v) is 2.72. The Hall–Kier alpha value is -2.33. The van der Waals surface area contributed by atoms with Gasteiger partial charge in [-0.3, -0.25) is 25.4 Å². The Labute approximate surface area is 161 Å². The standard InChI is InChI=1S/C16H15ClF3N3O3S/c1-8(2)14(24)22-23-15(25)13-12(3-4-27-13)26-7-11-10(17)5-9(6-21-11)16(18,19)20/h3-6,8H,7H2,1-2H3,(H,22,24)(H,23,25). The van der Waals surface area contributed by atoms with Crippen LogP contribution in [-0.4, -0.2) is 16.8 Å². The third kappa shape index (κ3) is 5.57. The van der Waals surface area contributed by atoms with Gasteiger partial charge in [-0.05, 0) is 17.5 Å². The predicted octanol–water partition coefficient (Wildman–Crippen LogP) is 3.81. The number of ether oxygens (including phenoxy) is 1. The molecule has 0 saturated carbocycles. The summed E-state index contributed by atoms with van der Waals surface area (Å²) in [6.45, 7) is 3.11. The Bertz CT molecular complexity index is 840. The van der Waals surface area contributed by atoms with Crippen LogP contribution in [-0.2, 0) is 17.6 Å². The van der Waals surface area contributed by atoms with E-state index in [2.05, 4.69) is 15.8 Å². The molecule has 0 aromatic carbocycles. The van der Waals surface area contributed by atoms with Gasteiger partial charge >= 0.3 is 6.18 Å². The molecule has 0 bridgehead atoms. The first kappa shape index (κ1) is 21.0. The zero-order chi connectivity index (χ0) is 20.2. The largest absolute Gasteiger partial charge is 0.486 e. The van der Waals surface area contributed by atoms with Crippen LogP contribution in [0.25, 0.3) is 0 Å². The first-order valence-corrected chi connectivity index (χ1v) is 8.87. The van der Waals surface area contributed by atoms with Crippen LogP contribution in [0.4, 0.5) is 13.2 Å². The molecule has 0 radical (unpaired) electrons. The fourth-order valence-electron chi connectivity index (χ4n) is 1.77. The second kappa shape index (κ2) is 8.57. The van der Waals surface area contributed by atoms with Crippen LogP contribution < -0.4 is 15.6 Å². The minimum atomic E-state index is -4.55. The van der Waals surface area contributed by atoms with Gasteiger partial charge in [0.1, 0.15) is 17.2 Å². The second-order valence-corrected chi connectivity index (χ2v) is 6.97. The number of carbonyl (C=O) groups excluding carboxylic acids is 2. The highest BCUT2D eigenvalue weighted by Gasteiger charge is 2.31. The summed E-state index contributed by atoms with van der Waals surface area (Å²) in [5.74, 6) is -1.06. The number of nitrogens with zero attached hydrogens (tertiary/aromatic N) is 1. The van der Waals surface area contributed by atoms with E-state index in [1.54, 1.807) is 19.2 Å². The van der Waals surface area contributed by atoms with Crippen LogP contribution in [0.5, 0.6) is 5.75 Å². The van der Waals surface area contributed by atoms with Gasteiger partial charge in [0.2, 0.25) is 5.91 Å². The lowest BCUT2D eigenvalue weighted by Gasteiger charge is -2.11. The Morgan fingerprint density at radius 1 is 1.33 bits per heavy atom. The van der Waals surface area contributed by atoms with Crippen molar-refractivity contribution in [2.24, 2.45) is 5.92 Å². The molecular weight excluding hydrogens is 407 g/mol. The highest BCUT2D eigenvalue weighted by Crippen LogP contribution is 2.32. The predicted molar refractivity (Wildman–Crippen MR) is 93.3 cm³/mol. The van der Waals surface area contributed by atoms with Crippen molar-refractivity contribution in [3.63, 3.8) is 0 Å². The number of pyridine rings is 1. The molecule has 2 amide bonds. The molecule has 0 aliphatic rings. The molecule has 0 saturated heterocycles. The Balaban J connectivity index is 2.03. The van der Waals surface area contributed by atoms with Crippen molar-refractivity contribution in [1.82, 2.24) is 15.8 Å². The summed E-state index contributed by atoms with van der Waals surface area (Å²) in [5, 5.41) is 1.39. The minimum absolute atomic E-state index is 0.0929. The van der Waals surface area contributed by atoms with Gasteiger partial charge in [0, 0.05) is 12.1 Å². The van der Waals surface area contributed by atoms with Gasteiger partial charge in [0.05, 0.1) is 16.3 Å². The second-order valence-electron chi connectivity index (χ2n) is 5.65. The summed E-state index contributed by atoms with van der Waals surface area (Å²) in [5.41, 5.74) is 3.67. The maximum absolute atomic E-state index is 12.6. The van der Waals surface area contributed by atoms with E-state index in [0.29, 0.717) is 6.20 Å². The average Bonchev–Trinajstić information content (AvgIpc) is 3.05. The van der Waals surface area contributed by atoms with Crippen molar-refractivity contribution in [2.75, 3.05) is 0 Å². The summed E-state index contributed by atoms with van der Waals surface area (Å²) < 4.78 is 43.3. The van der Waals surface area contributed by atoms with Crippen molar-refractivity contribution in [2.45, 2.75) is 26.6 Å². The number of halogens is 4. The maximum atomic E-state index is 12.6. The maximum Gasteiger partial charge on any atom is 0.417 e. The average molecular weight is 422 g/mol. The molecule has 2 aromatic rings. The highest BCUT2D eigenvalue weighted by atomic mass is 35.5. The number of amides is 2. The van der Waals surface area contributed by atoms with Crippen molar-refractivity contribution in [3.8, 4) is 5.75 Å². The molecule has 11 heteroatoms. The summed E-state index contributed by atoms with van der Waals surface area (Å²) in [6, 6.07) is 2.28. The fraction of sp³-hybridized carbons (Fsp3) is 0.312. The SMILES string of the molecule is CC(C)C(=O)NNC(=O)c1sccc1OCc1ncc(C(F)(F)F)cc1Cl. The van der Waals surface area contributed by atoms with Gasteiger partial charge in [-0.15, -0.1) is 11.3 Å². The molecule has 0 aliphatic carbocycles. The summed E-state index contributed by atoms with van der Waals surface area (Å²) in [7, 11) is 0. The molecule has 0 aliphatic heterocycles. The molecule has 2 rings (SSSR count). The van der Waals surface area contributed by atoms with Crippen LogP contribution in [0.1, 0.15) is 34.8 Å². The molecule has 27 heavy (non-hydrogen) atoms. The number of aromatic nitrogens is 1. The van der Waals surface area contributed by atoms with E-state index in [9.17, 15) is 22.8 Å². The first-order valence-electron chi connectivity index (χ1n) is 7.61. The van der Waals surface area contributed by atoms with E-state index in [0.717, 1.165) is 17.4 Å². The summed E-state index contributed by atoms with van der Waals surface area (Å²) in [4.78, 5) is 27.5. The van der Waals surface area contributed by atoms with Gasteiger partial charge in [0.15, 0.2) is 0 Å². The van der Waals surface area contributed by atoms with Gasteiger partial charge in [-0.25, -0.2) is 0 Å². The van der Waals surface area contributed by atoms with E-state index in [1.807, 2.05) is 0 Å². The number of hydrazine groups is 1. The number of nitrogens with one attached hydrogen (secondary N) is 2. The number of rotatable bonds is 5. The highest BCUT2D eigenvalue weighted by molar-refractivity contribution is 7.12. The van der Waals surface area contributed by atoms with Crippen LogP contribution in [0.15, 0.2) is 23.7 Å². The number of alkyl halides is 3. The van der Waals surface area contributed by atoms with Crippen LogP contribution >= 0.6 is 22.9 Å². The molecule has 0 atom stereocenters. The Morgan fingerprint density at radius 2 is 2.04 bits per heavy atom. The van der Waals surface area contributed by atoms with Crippen molar-refractivity contribution < 1.29 is 27.5 Å². The lowest BCUT2D eigenvalue weighted by atomic mass is 10.2. The topological polar surface area (TPSA) is 80.3 Å². The van der Waals surface area contributed by atoms with E-state index >= 15 is 0 Å². The van der Waals surface area contributed by atoms with E-state index < -0.39 is 17.6 Å². The molecule has 0 unspecified atom stereocenters. The Kier molecular flexibility index (Phi) is 6.66. The first-order chi connectivity index (χ1) is 12.6. The minimum Gasteiger partial charge on any atom is -0.486 e. The number of hydrogen-bond donors (Lipinski definition) is 2. The van der Waals surface area contributed by atoms with Crippen molar-refractivity contribution in [1.29, 1.82) is 0 Å². The van der Waals surface area contributed by atoms with E-state index in [-0.39, 0.29) is 39.8 Å². The molecule has 0 spiro atoms. The van der Waals surface area contributed by atoms with E-state index in [4.69, 9.17) is 16.3 Å². The molecule has 6 nitrogen and oxygen atoms in total. The van der Waals surface area contributed by atoms with Crippen LogP contribution in [0.2, 0.25) is 5.02 Å². The zero-order valence-electron chi connectivity index (χ0n) is 14.2. The van der Waals surface area contributed by atoms with Crippen LogP contribution in [0.3, 0.4) is 0 Å². The van der Waals surface area contributed by atoms with Gasteiger partial charge < -0.3 is 4.74 Å². The third-order valence-corrected chi connectivity index (χ3v) is 4.49. The molecule has 2 heterocycles. The van der Waals surface area contributed by atoms with Gasteiger partial charge in [-0.1, -0.05) is 25.4 Å². The van der Waals surface area contributed by atoms with Gasteiger partial charge in [0.25, 0.3) is 5.91 Å². The third-order valence-electron chi connectivity index (χ3n) is 3.27. The molecule has 146 valence electrons. The normalized spacial score (nSPS) is 11.4. The van der Waals surface area contributed by atoms with E-state index in [1.165, 1.54) is 6.07 Å². The number of hydrogen-bond acceptors (Lipinski definition) is 5. The Morgan fingerprint density at radius 3 is 2.63 bits per heavy atom. The monoisotopic (exact) mass is 421 g/mol. The van der Waals surface area contributed by atoms with Gasteiger partial charge in [-0.2, -0.15) is 13.2 Å². The number of carbonyl (C=O) groups is 2. The summed E-state index contributed by atoms with van der Waals surface area (Å²) >= 11 is 6.90. The lowest BCUT2D eigenvalue weighted by molar-refractivity contribution is -0.137. The van der Waals surface area contributed by atoms with Crippen LogP contribution in [0, 0.1) is 5.92 Å². The molecular formula is C16H15ClF3N3O3S. The molecule has 2 N–H and O–H groups in total. The lowest BCUT2D eigenvalue weighted by Crippen LogP contribution is -2.43. The molecule has 0 fully saturated rings. The quantitative estimate of drug-likeness (QED) is 0.719. The van der Waals surface area contributed by atoms with Crippen molar-refractivity contribution >= 4 is 34.8 Å². The summed E-state index contributed by atoms with van der Waals surface area (Å²) in [6.07, 6.45) is -3.89. The number of thiophene rings is 1. The smallest absolute Gasteiger partial charge is 0.417 e. The molecule has 2 aromatic heterocycles. The van der Waals surface area contributed by atoms with Crippen molar-refractivity contribution in [3.05, 3.63) is 44.9 Å². The zero-order valence-corrected chi connectivity index (χ0v) is 15.8.